The van der Waals surface area contributed by atoms with E-state index in [1.807, 2.05) is 0 Å². The van der Waals surface area contributed by atoms with Gasteiger partial charge in [0.1, 0.15) is 6.61 Å². The van der Waals surface area contributed by atoms with Gasteiger partial charge in [-0.05, 0) is 22.0 Å². The molecule has 0 aromatic carbocycles. The number of hydrogen-bond acceptors (Lipinski definition) is 3. The van der Waals surface area contributed by atoms with E-state index in [0.29, 0.717) is 13.7 Å². The van der Waals surface area contributed by atoms with Crippen LogP contribution in [0.4, 0.5) is 13.2 Å². The largest absolute Gasteiger partial charge is 0.411 e. The second-order valence-corrected chi connectivity index (χ2v) is 6.05. The van der Waals surface area contributed by atoms with Crippen molar-refractivity contribution >= 4 is 38.9 Å². The van der Waals surface area contributed by atoms with Crippen molar-refractivity contribution in [3.63, 3.8) is 0 Å². The number of aliphatic hydroxyl groups is 1. The van der Waals surface area contributed by atoms with Crippen molar-refractivity contribution in [2.24, 2.45) is 0 Å². The highest BCUT2D eigenvalue weighted by Gasteiger charge is 2.27. The van der Waals surface area contributed by atoms with Crippen LogP contribution in [0, 0.1) is 0 Å². The van der Waals surface area contributed by atoms with E-state index >= 15 is 0 Å². The second-order valence-electron chi connectivity index (χ2n) is 3.24. The predicted molar refractivity (Wildman–Crippen MR) is 63.5 cm³/mol. The molecule has 0 aliphatic heterocycles. The molecule has 0 aliphatic rings. The highest BCUT2D eigenvalue weighted by Crippen LogP contribution is 2.36. The molecular formula is C9H9BrClF3O2S. The number of rotatable bonds is 5. The Morgan fingerprint density at radius 2 is 2.18 bits per heavy atom. The molecular weight excluding hydrogens is 345 g/mol. The Labute approximate surface area is 113 Å². The van der Waals surface area contributed by atoms with Crippen molar-refractivity contribution in [1.29, 1.82) is 0 Å². The average molecular weight is 354 g/mol. The van der Waals surface area contributed by atoms with Gasteiger partial charge in [-0.3, -0.25) is 0 Å². The van der Waals surface area contributed by atoms with Gasteiger partial charge in [0, 0.05) is 17.9 Å². The van der Waals surface area contributed by atoms with E-state index < -0.39 is 18.9 Å². The van der Waals surface area contributed by atoms with Gasteiger partial charge in [0.25, 0.3) is 0 Å². The van der Waals surface area contributed by atoms with Crippen LogP contribution in [0.15, 0.2) is 9.85 Å². The summed E-state index contributed by atoms with van der Waals surface area (Å²) in [6, 6.07) is 1.57. The van der Waals surface area contributed by atoms with Crippen LogP contribution < -0.4 is 0 Å². The maximum Gasteiger partial charge on any atom is 0.411 e. The van der Waals surface area contributed by atoms with Crippen molar-refractivity contribution in [3.8, 4) is 0 Å². The Kier molecular flexibility index (Phi) is 5.72. The van der Waals surface area contributed by atoms with E-state index in [2.05, 4.69) is 20.7 Å². The van der Waals surface area contributed by atoms with Gasteiger partial charge < -0.3 is 9.84 Å². The van der Waals surface area contributed by atoms with Crippen LogP contribution in [0.25, 0.3) is 0 Å². The Balaban J connectivity index is 2.33. The maximum atomic E-state index is 11.8. The van der Waals surface area contributed by atoms with Gasteiger partial charge in [-0.1, -0.05) is 11.6 Å². The third kappa shape index (κ3) is 5.56. The first-order valence-corrected chi connectivity index (χ1v) is 6.55. The molecule has 98 valence electrons. The summed E-state index contributed by atoms with van der Waals surface area (Å²) in [5, 5.41) is 10.1. The molecule has 0 saturated heterocycles. The number of hydrogen-bond donors (Lipinski definition) is 1. The fraction of sp³-hybridized carbons (Fsp3) is 0.556. The molecule has 1 heterocycles. The molecule has 0 fully saturated rings. The number of alkyl halides is 3. The van der Waals surface area contributed by atoms with E-state index in [1.165, 1.54) is 11.3 Å². The summed E-state index contributed by atoms with van der Waals surface area (Å²) in [5.74, 6) is 0. The smallest absolute Gasteiger partial charge is 0.387 e. The summed E-state index contributed by atoms with van der Waals surface area (Å²) in [6.07, 6.45) is -5.10. The first-order chi connectivity index (χ1) is 7.79. The van der Waals surface area contributed by atoms with Gasteiger partial charge in [-0.15, -0.1) is 11.3 Å². The lowest BCUT2D eigenvalue weighted by Crippen LogP contribution is -2.18. The highest BCUT2D eigenvalue weighted by atomic mass is 79.9. The number of thiophene rings is 1. The molecule has 0 amide bonds. The summed E-state index contributed by atoms with van der Waals surface area (Å²) in [4.78, 5) is 0.595. The third-order valence-corrected chi connectivity index (χ3v) is 4.37. The minimum atomic E-state index is -4.33. The fourth-order valence-corrected chi connectivity index (χ4v) is 2.82. The molecule has 0 radical (unpaired) electrons. The van der Waals surface area contributed by atoms with Gasteiger partial charge in [-0.2, -0.15) is 13.2 Å². The maximum absolute atomic E-state index is 11.8. The zero-order valence-electron chi connectivity index (χ0n) is 8.43. The van der Waals surface area contributed by atoms with Crippen LogP contribution in [-0.4, -0.2) is 24.5 Å². The first-order valence-electron chi connectivity index (χ1n) is 4.57. The van der Waals surface area contributed by atoms with Crippen LogP contribution in [0.2, 0.25) is 5.02 Å². The summed E-state index contributed by atoms with van der Waals surface area (Å²) in [6.45, 7) is -1.46. The lowest BCUT2D eigenvalue weighted by atomic mass is 10.2. The fourth-order valence-electron chi connectivity index (χ4n) is 1.05. The van der Waals surface area contributed by atoms with Crippen molar-refractivity contribution in [2.45, 2.75) is 18.7 Å². The van der Waals surface area contributed by atoms with Crippen LogP contribution in [0.5, 0.6) is 0 Å². The Morgan fingerprint density at radius 3 is 2.65 bits per heavy atom. The summed E-state index contributed by atoms with van der Waals surface area (Å²) in [5.41, 5.74) is 0. The molecule has 1 atom stereocenters. The second kappa shape index (κ2) is 6.38. The van der Waals surface area contributed by atoms with E-state index in [4.69, 9.17) is 11.6 Å². The molecule has 1 aromatic heterocycles. The third-order valence-electron chi connectivity index (χ3n) is 1.79. The molecule has 1 rings (SSSR count). The Hall–Kier alpha value is 0.180. The number of aliphatic hydroxyl groups excluding tert-OH is 1. The Morgan fingerprint density at radius 1 is 1.53 bits per heavy atom. The normalized spacial score (nSPS) is 14.0. The van der Waals surface area contributed by atoms with Gasteiger partial charge >= 0.3 is 6.18 Å². The van der Waals surface area contributed by atoms with E-state index in [1.54, 1.807) is 6.07 Å². The van der Waals surface area contributed by atoms with Crippen molar-refractivity contribution in [1.82, 2.24) is 0 Å². The zero-order valence-corrected chi connectivity index (χ0v) is 11.6. The Bertz CT molecular complexity index is 350. The number of halogens is 5. The van der Waals surface area contributed by atoms with Crippen molar-refractivity contribution < 1.29 is 23.0 Å². The summed E-state index contributed by atoms with van der Waals surface area (Å²) < 4.78 is 40.3. The minimum absolute atomic E-state index is 0.0966. The SMILES string of the molecule is OC(CCOCC(F)(F)F)c1cc(Cl)c(Br)s1. The number of ether oxygens (including phenoxy) is 1. The van der Waals surface area contributed by atoms with Crippen LogP contribution in [0.3, 0.4) is 0 Å². The molecule has 1 unspecified atom stereocenters. The molecule has 0 aliphatic carbocycles. The van der Waals surface area contributed by atoms with Crippen LogP contribution in [0.1, 0.15) is 17.4 Å². The topological polar surface area (TPSA) is 29.5 Å². The predicted octanol–water partition coefficient (Wildman–Crippen LogP) is 4.17. The first kappa shape index (κ1) is 15.2. The van der Waals surface area contributed by atoms with Gasteiger partial charge in [0.2, 0.25) is 0 Å². The molecule has 0 spiro atoms. The lowest BCUT2D eigenvalue weighted by Gasteiger charge is -2.10. The van der Waals surface area contributed by atoms with Gasteiger partial charge in [0.15, 0.2) is 0 Å². The lowest BCUT2D eigenvalue weighted by molar-refractivity contribution is -0.175. The molecule has 1 aromatic rings. The minimum Gasteiger partial charge on any atom is -0.387 e. The zero-order chi connectivity index (χ0) is 13.1. The van der Waals surface area contributed by atoms with E-state index in [-0.39, 0.29) is 13.0 Å². The summed E-state index contributed by atoms with van der Waals surface area (Å²) in [7, 11) is 0. The molecule has 0 bridgehead atoms. The molecule has 1 N–H and O–H groups in total. The van der Waals surface area contributed by atoms with E-state index in [0.717, 1.165) is 0 Å². The summed E-state index contributed by atoms with van der Waals surface area (Å²) >= 11 is 10.2. The quantitative estimate of drug-likeness (QED) is 0.805. The monoisotopic (exact) mass is 352 g/mol. The molecule has 0 saturated carbocycles. The van der Waals surface area contributed by atoms with Gasteiger partial charge in [-0.25, -0.2) is 0 Å². The van der Waals surface area contributed by atoms with Crippen LogP contribution in [-0.2, 0) is 4.74 Å². The average Bonchev–Trinajstić information content (AvgIpc) is 2.52. The molecule has 2 nitrogen and oxygen atoms in total. The highest BCUT2D eigenvalue weighted by molar-refractivity contribution is 9.11. The van der Waals surface area contributed by atoms with Crippen molar-refractivity contribution in [2.75, 3.05) is 13.2 Å². The van der Waals surface area contributed by atoms with E-state index in [9.17, 15) is 18.3 Å². The molecule has 8 heteroatoms. The molecule has 17 heavy (non-hydrogen) atoms. The standard InChI is InChI=1S/C9H9BrClF3O2S/c10-8-5(11)3-7(17-8)6(15)1-2-16-4-9(12,13)14/h3,6,15H,1-2,4H2. The van der Waals surface area contributed by atoms with Crippen molar-refractivity contribution in [3.05, 3.63) is 19.8 Å². The van der Waals surface area contributed by atoms with Crippen LogP contribution >= 0.6 is 38.9 Å². The van der Waals surface area contributed by atoms with Gasteiger partial charge in [0.05, 0.1) is 14.9 Å².